The third-order valence-electron chi connectivity index (χ3n) is 3.95. The minimum atomic E-state index is -4.70. The Labute approximate surface area is 179 Å². The van der Waals surface area contributed by atoms with Gasteiger partial charge in [-0.15, -0.1) is 11.8 Å². The monoisotopic (exact) mass is 453 g/mol. The predicted octanol–water partition coefficient (Wildman–Crippen LogP) is 5.58. The minimum absolute atomic E-state index is 0.210. The Morgan fingerprint density at radius 1 is 1.20 bits per heavy atom. The molecule has 0 spiro atoms. The first-order valence-corrected chi connectivity index (χ1v) is 9.94. The van der Waals surface area contributed by atoms with Gasteiger partial charge >= 0.3 is 12.1 Å². The first kappa shape index (κ1) is 21.9. The summed E-state index contributed by atoms with van der Waals surface area (Å²) in [6.45, 7) is 0. The molecule has 0 aliphatic carbocycles. The molecule has 3 rings (SSSR count). The summed E-state index contributed by atoms with van der Waals surface area (Å²) in [7, 11) is 1.40. The van der Waals surface area contributed by atoms with Crippen LogP contribution in [0.25, 0.3) is 0 Å². The highest BCUT2D eigenvalue weighted by atomic mass is 35.5. The van der Waals surface area contributed by atoms with Crippen LogP contribution in [0, 0.1) is 0 Å². The van der Waals surface area contributed by atoms with Crippen LogP contribution in [0.2, 0.25) is 5.02 Å². The highest BCUT2D eigenvalue weighted by Crippen LogP contribution is 2.36. The molecule has 0 bridgehead atoms. The number of rotatable bonds is 6. The van der Waals surface area contributed by atoms with E-state index in [0.717, 1.165) is 28.2 Å². The minimum Gasteiger partial charge on any atom is -0.313 e. The third kappa shape index (κ3) is 5.22. The van der Waals surface area contributed by atoms with Crippen LogP contribution in [0.15, 0.2) is 64.8 Å². The zero-order valence-corrected chi connectivity index (χ0v) is 17.1. The maximum Gasteiger partial charge on any atom is 0.435 e. The summed E-state index contributed by atoms with van der Waals surface area (Å²) in [6.07, 6.45) is -3.85. The Morgan fingerprint density at radius 3 is 2.53 bits per heavy atom. The number of oxime groups is 1. The van der Waals surface area contributed by atoms with E-state index in [1.54, 1.807) is 42.5 Å². The van der Waals surface area contributed by atoms with Crippen molar-refractivity contribution in [1.29, 1.82) is 0 Å². The Bertz CT molecular complexity index is 1070. The van der Waals surface area contributed by atoms with Gasteiger partial charge in [0.2, 0.25) is 0 Å². The fraction of sp³-hybridized carbons (Fsp3) is 0.150. The molecule has 2 aromatic carbocycles. The van der Waals surface area contributed by atoms with Gasteiger partial charge in [0, 0.05) is 17.8 Å². The highest BCUT2D eigenvalue weighted by molar-refractivity contribution is 7.98. The van der Waals surface area contributed by atoms with Crippen LogP contribution in [0.1, 0.15) is 27.2 Å². The van der Waals surface area contributed by atoms with E-state index >= 15 is 0 Å². The van der Waals surface area contributed by atoms with Crippen molar-refractivity contribution in [3.05, 3.63) is 82.0 Å². The molecule has 0 saturated carbocycles. The Kier molecular flexibility index (Phi) is 6.84. The van der Waals surface area contributed by atoms with E-state index in [1.165, 1.54) is 19.2 Å². The van der Waals surface area contributed by atoms with E-state index in [1.807, 2.05) is 0 Å². The van der Waals surface area contributed by atoms with Crippen LogP contribution >= 0.6 is 23.4 Å². The molecule has 5 nitrogen and oxygen atoms in total. The number of hydrogen-bond acceptors (Lipinski definition) is 5. The van der Waals surface area contributed by atoms with Crippen molar-refractivity contribution in [3.8, 4) is 0 Å². The lowest BCUT2D eigenvalue weighted by atomic mass is 10.2. The lowest BCUT2D eigenvalue weighted by Crippen LogP contribution is -2.09. The Morgan fingerprint density at radius 2 is 1.87 bits per heavy atom. The van der Waals surface area contributed by atoms with Gasteiger partial charge in [0.1, 0.15) is 5.03 Å². The second kappa shape index (κ2) is 9.36. The predicted molar refractivity (Wildman–Crippen MR) is 109 cm³/mol. The first-order valence-electron chi connectivity index (χ1n) is 8.57. The van der Waals surface area contributed by atoms with E-state index < -0.39 is 17.8 Å². The maximum absolute atomic E-state index is 13.4. The summed E-state index contributed by atoms with van der Waals surface area (Å²) < 4.78 is 41.4. The quantitative estimate of drug-likeness (QED) is 0.212. The molecule has 3 aromatic rings. The molecule has 0 unspecified atom stereocenters. The molecule has 0 N–H and O–H groups in total. The molecular formula is C20H15ClF3N3O2S. The number of aromatic nitrogens is 2. The summed E-state index contributed by atoms with van der Waals surface area (Å²) >= 11 is 7.24. The summed E-state index contributed by atoms with van der Waals surface area (Å²) in [5.74, 6) is -0.462. The second-order valence-corrected chi connectivity index (χ2v) is 7.42. The van der Waals surface area contributed by atoms with Crippen molar-refractivity contribution in [3.63, 3.8) is 0 Å². The van der Waals surface area contributed by atoms with Gasteiger partial charge in [0.05, 0.1) is 17.3 Å². The van der Waals surface area contributed by atoms with Gasteiger partial charge in [-0.3, -0.25) is 4.68 Å². The van der Waals surface area contributed by atoms with Crippen molar-refractivity contribution < 1.29 is 22.8 Å². The number of hydrogen-bond donors (Lipinski definition) is 0. The zero-order chi connectivity index (χ0) is 21.7. The van der Waals surface area contributed by atoms with Gasteiger partial charge in [-0.1, -0.05) is 53.2 Å². The molecule has 10 heteroatoms. The number of thioether (sulfide) groups is 1. The second-order valence-electron chi connectivity index (χ2n) is 6.05. The normalized spacial score (nSPS) is 11.8. The standard InChI is InChI=1S/C20H15ClF3N3O2S/c1-27-18(30-12-14-9-5-6-10-16(14)21)15(17(26-27)20(22,23)24)11-25-29-19(28)13-7-3-2-4-8-13/h2-11H,12H2,1H3. The van der Waals surface area contributed by atoms with Gasteiger partial charge in [0.15, 0.2) is 5.69 Å². The molecule has 0 aliphatic heterocycles. The van der Waals surface area contributed by atoms with Crippen LogP contribution in [0.4, 0.5) is 13.2 Å². The van der Waals surface area contributed by atoms with Crippen LogP contribution in [0.5, 0.6) is 0 Å². The van der Waals surface area contributed by atoms with Crippen LogP contribution in [-0.4, -0.2) is 22.0 Å². The number of halogens is 4. The van der Waals surface area contributed by atoms with Crippen LogP contribution in [0.3, 0.4) is 0 Å². The summed E-state index contributed by atoms with van der Waals surface area (Å²) in [4.78, 5) is 16.7. The average molecular weight is 454 g/mol. The van der Waals surface area contributed by atoms with Gasteiger partial charge < -0.3 is 4.84 Å². The van der Waals surface area contributed by atoms with Crippen molar-refractivity contribution >= 4 is 35.5 Å². The molecule has 156 valence electrons. The largest absolute Gasteiger partial charge is 0.435 e. The molecule has 1 heterocycles. The number of benzene rings is 2. The van der Waals surface area contributed by atoms with E-state index in [4.69, 9.17) is 16.4 Å². The van der Waals surface area contributed by atoms with Gasteiger partial charge in [0.25, 0.3) is 0 Å². The number of alkyl halides is 3. The van der Waals surface area contributed by atoms with E-state index in [0.29, 0.717) is 10.8 Å². The van der Waals surface area contributed by atoms with Crippen LogP contribution < -0.4 is 0 Å². The van der Waals surface area contributed by atoms with E-state index in [9.17, 15) is 18.0 Å². The van der Waals surface area contributed by atoms with Gasteiger partial charge in [-0.25, -0.2) is 4.79 Å². The molecule has 30 heavy (non-hydrogen) atoms. The molecule has 0 atom stereocenters. The molecule has 0 saturated heterocycles. The Hall–Kier alpha value is -2.78. The molecule has 0 amide bonds. The molecule has 1 aromatic heterocycles. The SMILES string of the molecule is Cn1nc(C(F)(F)F)c(C=NOC(=O)c2ccccc2)c1SCc1ccccc1Cl. The number of nitrogens with zero attached hydrogens (tertiary/aromatic N) is 3. The molecule has 0 fully saturated rings. The summed E-state index contributed by atoms with van der Waals surface area (Å²) in [5.41, 5.74) is -0.420. The van der Waals surface area contributed by atoms with Gasteiger partial charge in [-0.2, -0.15) is 18.3 Å². The summed E-state index contributed by atoms with van der Waals surface area (Å²) in [6, 6.07) is 15.0. The smallest absolute Gasteiger partial charge is 0.313 e. The average Bonchev–Trinajstić information content (AvgIpc) is 3.04. The fourth-order valence-electron chi connectivity index (χ4n) is 2.54. The number of aryl methyl sites for hydroxylation is 1. The first-order chi connectivity index (χ1) is 14.3. The topological polar surface area (TPSA) is 56.5 Å². The molecular weight excluding hydrogens is 439 g/mol. The fourth-order valence-corrected chi connectivity index (χ4v) is 3.90. The van der Waals surface area contributed by atoms with E-state index in [2.05, 4.69) is 10.3 Å². The maximum atomic E-state index is 13.4. The zero-order valence-electron chi connectivity index (χ0n) is 15.6. The van der Waals surface area contributed by atoms with Crippen molar-refractivity contribution in [1.82, 2.24) is 9.78 Å². The third-order valence-corrected chi connectivity index (χ3v) is 5.53. The molecule has 0 radical (unpaired) electrons. The van der Waals surface area contributed by atoms with Crippen molar-refractivity contribution in [2.75, 3.05) is 0 Å². The Balaban J connectivity index is 1.85. The van der Waals surface area contributed by atoms with Crippen LogP contribution in [-0.2, 0) is 23.8 Å². The summed E-state index contributed by atoms with van der Waals surface area (Å²) in [5, 5.41) is 7.77. The van der Waals surface area contributed by atoms with Gasteiger partial charge in [-0.05, 0) is 23.8 Å². The van der Waals surface area contributed by atoms with Crippen molar-refractivity contribution in [2.45, 2.75) is 17.0 Å². The molecule has 0 aliphatic rings. The highest BCUT2D eigenvalue weighted by Gasteiger charge is 2.38. The lowest BCUT2D eigenvalue weighted by Gasteiger charge is -2.06. The lowest BCUT2D eigenvalue weighted by molar-refractivity contribution is -0.141. The number of carbonyl (C=O) groups excluding carboxylic acids is 1. The van der Waals surface area contributed by atoms with E-state index in [-0.39, 0.29) is 16.2 Å². The number of carbonyl (C=O) groups is 1. The van der Waals surface area contributed by atoms with Crippen molar-refractivity contribution in [2.24, 2.45) is 12.2 Å².